The van der Waals surface area contributed by atoms with Crippen LogP contribution in [0.15, 0.2) is 53.9 Å². The molecule has 0 spiro atoms. The highest BCUT2D eigenvalue weighted by Crippen LogP contribution is 2.31. The Balaban J connectivity index is 1.37. The summed E-state index contributed by atoms with van der Waals surface area (Å²) in [5.41, 5.74) is 8.59. The number of hydrogen-bond donors (Lipinski definition) is 2. The number of ether oxygens (including phenoxy) is 1. The fourth-order valence-electron chi connectivity index (χ4n) is 3.43. The molecule has 4 rings (SSSR count). The van der Waals surface area contributed by atoms with Gasteiger partial charge in [0.05, 0.1) is 24.1 Å². The maximum absolute atomic E-state index is 13.2. The molecule has 34 heavy (non-hydrogen) atoms. The number of nitriles is 1. The third-order valence-electron chi connectivity index (χ3n) is 5.13. The van der Waals surface area contributed by atoms with Crippen LogP contribution in [0.25, 0.3) is 16.3 Å². The van der Waals surface area contributed by atoms with Crippen molar-refractivity contribution in [1.29, 1.82) is 5.26 Å². The van der Waals surface area contributed by atoms with Crippen molar-refractivity contribution in [1.82, 2.24) is 20.1 Å². The summed E-state index contributed by atoms with van der Waals surface area (Å²) in [6, 6.07) is 15.3. The van der Waals surface area contributed by atoms with Crippen molar-refractivity contribution in [3.05, 3.63) is 76.7 Å². The van der Waals surface area contributed by atoms with Gasteiger partial charge in [-0.05, 0) is 49.2 Å². The van der Waals surface area contributed by atoms with Crippen molar-refractivity contribution >= 4 is 23.1 Å². The third-order valence-corrected chi connectivity index (χ3v) is 6.00. The number of amides is 1. The van der Waals surface area contributed by atoms with Crippen LogP contribution in [0.1, 0.15) is 28.2 Å². The summed E-state index contributed by atoms with van der Waals surface area (Å²) in [6.07, 6.45) is 0.981. The summed E-state index contributed by atoms with van der Waals surface area (Å²) in [6.45, 7) is 0.370. The van der Waals surface area contributed by atoms with Crippen LogP contribution in [0.4, 0.5) is 10.2 Å². The second-order valence-corrected chi connectivity index (χ2v) is 8.16. The lowest BCUT2D eigenvalue weighted by molar-refractivity contribution is 0.0949. The van der Waals surface area contributed by atoms with Crippen LogP contribution >= 0.6 is 11.3 Å². The number of halogens is 1. The van der Waals surface area contributed by atoms with E-state index in [0.717, 1.165) is 5.56 Å². The number of thiazole rings is 1. The fraction of sp³-hybridized carbons (Fsp3) is 0.167. The van der Waals surface area contributed by atoms with Crippen LogP contribution < -0.4 is 15.8 Å². The minimum absolute atomic E-state index is 0.194. The average molecular weight is 477 g/mol. The molecule has 0 bridgehead atoms. The van der Waals surface area contributed by atoms with Gasteiger partial charge in [0.2, 0.25) is 0 Å². The van der Waals surface area contributed by atoms with Gasteiger partial charge in [0.1, 0.15) is 39.7 Å². The molecule has 10 heteroatoms. The summed E-state index contributed by atoms with van der Waals surface area (Å²) >= 11 is 1.37. The quantitative estimate of drug-likeness (QED) is 0.372. The molecular weight excluding hydrogens is 455 g/mol. The lowest BCUT2D eigenvalue weighted by Crippen LogP contribution is -2.25. The Labute approximate surface area is 199 Å². The van der Waals surface area contributed by atoms with Crippen LogP contribution in [0, 0.1) is 17.1 Å². The highest BCUT2D eigenvalue weighted by atomic mass is 32.1. The first-order chi connectivity index (χ1) is 16.5. The zero-order chi connectivity index (χ0) is 24.1. The van der Waals surface area contributed by atoms with Crippen molar-refractivity contribution < 1.29 is 13.9 Å². The Hall–Kier alpha value is -4.23. The highest BCUT2D eigenvalue weighted by Gasteiger charge is 2.17. The van der Waals surface area contributed by atoms with Crippen molar-refractivity contribution in [3.63, 3.8) is 0 Å². The summed E-state index contributed by atoms with van der Waals surface area (Å²) < 4.78 is 20.0. The van der Waals surface area contributed by atoms with E-state index in [2.05, 4.69) is 21.5 Å². The predicted molar refractivity (Wildman–Crippen MR) is 127 cm³/mol. The zero-order valence-electron chi connectivity index (χ0n) is 18.3. The summed E-state index contributed by atoms with van der Waals surface area (Å²) in [5.74, 6) is 0.228. The molecule has 0 radical (unpaired) electrons. The topological polar surface area (TPSA) is 119 Å². The molecule has 172 valence electrons. The molecule has 2 heterocycles. The molecule has 0 fully saturated rings. The molecule has 8 nitrogen and oxygen atoms in total. The Morgan fingerprint density at radius 2 is 2.03 bits per heavy atom. The molecule has 0 unspecified atom stereocenters. The number of rotatable bonds is 8. The summed E-state index contributed by atoms with van der Waals surface area (Å²) in [4.78, 5) is 17.0. The van der Waals surface area contributed by atoms with Crippen molar-refractivity contribution in [3.8, 4) is 28.1 Å². The molecule has 0 saturated carbocycles. The van der Waals surface area contributed by atoms with E-state index in [1.165, 1.54) is 40.3 Å². The minimum Gasteiger partial charge on any atom is -0.496 e. The first-order valence-electron chi connectivity index (χ1n) is 10.4. The van der Waals surface area contributed by atoms with Crippen molar-refractivity contribution in [2.45, 2.75) is 12.8 Å². The molecule has 3 N–H and O–H groups in total. The number of methoxy groups -OCH3 is 1. The van der Waals surface area contributed by atoms with Gasteiger partial charge < -0.3 is 15.8 Å². The van der Waals surface area contributed by atoms with Crippen LogP contribution in [0.5, 0.6) is 5.75 Å². The monoisotopic (exact) mass is 476 g/mol. The lowest BCUT2D eigenvalue weighted by atomic mass is 10.1. The van der Waals surface area contributed by atoms with E-state index in [1.54, 1.807) is 12.5 Å². The molecule has 0 aliphatic carbocycles. The Morgan fingerprint density at radius 1 is 1.26 bits per heavy atom. The minimum atomic E-state index is -0.374. The first kappa shape index (κ1) is 22.9. The maximum Gasteiger partial charge on any atom is 0.270 e. The normalized spacial score (nSPS) is 10.6. The van der Waals surface area contributed by atoms with Gasteiger partial charge in [-0.15, -0.1) is 11.3 Å². The van der Waals surface area contributed by atoms with E-state index >= 15 is 0 Å². The molecule has 2 aromatic carbocycles. The van der Waals surface area contributed by atoms with Gasteiger partial charge in [-0.25, -0.2) is 14.1 Å². The first-order valence-corrected chi connectivity index (χ1v) is 11.3. The molecule has 0 aliphatic rings. The zero-order valence-corrected chi connectivity index (χ0v) is 19.1. The van der Waals surface area contributed by atoms with Gasteiger partial charge in [0.15, 0.2) is 0 Å². The molecular formula is C24H21FN6O2S. The number of nitrogens with two attached hydrogens (primary N) is 1. The number of benzene rings is 2. The van der Waals surface area contributed by atoms with Crippen LogP contribution in [0.3, 0.4) is 0 Å². The number of aryl methyl sites for hydroxylation is 1. The highest BCUT2D eigenvalue weighted by molar-refractivity contribution is 7.13. The molecule has 0 atom stereocenters. The van der Waals surface area contributed by atoms with E-state index in [1.807, 2.05) is 24.3 Å². The Morgan fingerprint density at radius 3 is 2.76 bits per heavy atom. The smallest absolute Gasteiger partial charge is 0.270 e. The SMILES string of the molecule is COc1ccccc1-c1nc(C(=O)NCCCc2nn(-c3ccc(F)cc3)c(N)c2C#N)cs1. The van der Waals surface area contributed by atoms with E-state index in [9.17, 15) is 14.4 Å². The number of aromatic nitrogens is 3. The van der Waals surface area contributed by atoms with E-state index in [0.29, 0.717) is 47.2 Å². The van der Waals surface area contributed by atoms with E-state index < -0.39 is 0 Å². The van der Waals surface area contributed by atoms with Gasteiger partial charge in [-0.2, -0.15) is 10.4 Å². The van der Waals surface area contributed by atoms with Crippen LogP contribution in [-0.4, -0.2) is 34.3 Å². The number of carbonyl (C=O) groups excluding carboxylic acids is 1. The number of carbonyl (C=O) groups is 1. The number of nitrogens with one attached hydrogen (secondary N) is 1. The van der Waals surface area contributed by atoms with E-state index in [-0.39, 0.29) is 23.1 Å². The van der Waals surface area contributed by atoms with Crippen LogP contribution in [0.2, 0.25) is 0 Å². The Kier molecular flexibility index (Phi) is 6.85. The molecule has 1 amide bonds. The van der Waals surface area contributed by atoms with Gasteiger partial charge in [-0.1, -0.05) is 12.1 Å². The van der Waals surface area contributed by atoms with E-state index in [4.69, 9.17) is 10.5 Å². The van der Waals surface area contributed by atoms with Crippen LogP contribution in [-0.2, 0) is 6.42 Å². The maximum atomic E-state index is 13.2. The standard InChI is InChI=1S/C24H21FN6O2S/c1-33-21-7-3-2-5-17(21)24-29-20(14-34-24)23(32)28-12-4-6-19-18(13-26)22(27)31(30-19)16-10-8-15(25)9-11-16/h2-3,5,7-11,14H,4,6,12,27H2,1H3,(H,28,32). The molecule has 0 aliphatic heterocycles. The number of para-hydroxylation sites is 1. The van der Waals surface area contributed by atoms with Gasteiger partial charge in [0, 0.05) is 11.9 Å². The second kappa shape index (κ2) is 10.1. The van der Waals surface area contributed by atoms with Gasteiger partial charge in [-0.3, -0.25) is 4.79 Å². The van der Waals surface area contributed by atoms with Gasteiger partial charge in [0.25, 0.3) is 5.91 Å². The van der Waals surface area contributed by atoms with Crippen molar-refractivity contribution in [2.24, 2.45) is 0 Å². The number of nitrogens with zero attached hydrogens (tertiary/aromatic N) is 4. The number of anilines is 1. The lowest BCUT2D eigenvalue weighted by Gasteiger charge is -2.05. The van der Waals surface area contributed by atoms with Crippen molar-refractivity contribution in [2.75, 3.05) is 19.4 Å². The number of hydrogen-bond acceptors (Lipinski definition) is 7. The number of nitrogen functional groups attached to an aromatic ring is 1. The Bertz CT molecular complexity index is 1360. The third kappa shape index (κ3) is 4.74. The molecule has 2 aromatic heterocycles. The average Bonchev–Trinajstić information content (AvgIpc) is 3.47. The largest absolute Gasteiger partial charge is 0.496 e. The van der Waals surface area contributed by atoms with Gasteiger partial charge >= 0.3 is 0 Å². The predicted octanol–water partition coefficient (Wildman–Crippen LogP) is 3.96. The summed E-state index contributed by atoms with van der Waals surface area (Å²) in [7, 11) is 1.59. The summed E-state index contributed by atoms with van der Waals surface area (Å²) in [5, 5.41) is 19.2. The fourth-order valence-corrected chi connectivity index (χ4v) is 4.26. The molecule has 0 saturated heterocycles. The molecule has 4 aromatic rings. The second-order valence-electron chi connectivity index (χ2n) is 7.30.